The van der Waals surface area contributed by atoms with E-state index < -0.39 is 0 Å². The van der Waals surface area contributed by atoms with Crippen molar-refractivity contribution in [3.8, 4) is 0 Å². The van der Waals surface area contributed by atoms with Gasteiger partial charge in [-0.15, -0.1) is 0 Å². The number of nitrogens with one attached hydrogen (secondary N) is 1. The van der Waals surface area contributed by atoms with Crippen LogP contribution in [0.1, 0.15) is 23.7 Å². The molecule has 0 amide bonds. The Morgan fingerprint density at radius 1 is 1.33 bits per heavy atom. The molecule has 1 aromatic heterocycles. The van der Waals surface area contributed by atoms with E-state index in [4.69, 9.17) is 5.73 Å². The number of hydrogen-bond acceptors (Lipinski definition) is 3. The third-order valence-electron chi connectivity index (χ3n) is 2.91. The number of nitrogens with two attached hydrogens (primary N) is 1. The molecule has 2 rings (SSSR count). The summed E-state index contributed by atoms with van der Waals surface area (Å²) >= 11 is 0. The van der Waals surface area contributed by atoms with Gasteiger partial charge in [0.2, 0.25) is 0 Å². The lowest BCUT2D eigenvalue weighted by Gasteiger charge is -2.08. The monoisotopic (exact) mass is 244 g/mol. The molecule has 0 atom stereocenters. The van der Waals surface area contributed by atoms with Gasteiger partial charge >= 0.3 is 0 Å². The average Bonchev–Trinajstić information content (AvgIpc) is 2.66. The predicted octanol–water partition coefficient (Wildman–Crippen LogP) is 2.49. The van der Waals surface area contributed by atoms with Gasteiger partial charge < -0.3 is 11.1 Å². The summed E-state index contributed by atoms with van der Waals surface area (Å²) in [6.45, 7) is 4.94. The summed E-state index contributed by atoms with van der Waals surface area (Å²) in [6.07, 6.45) is 3.01. The van der Waals surface area contributed by atoms with Gasteiger partial charge in [-0.3, -0.25) is 4.68 Å². The minimum atomic E-state index is 0.778. The molecule has 1 aromatic carbocycles. The highest BCUT2D eigenvalue weighted by molar-refractivity contribution is 5.56. The molecule has 0 radical (unpaired) electrons. The van der Waals surface area contributed by atoms with Crippen LogP contribution in [0.5, 0.6) is 0 Å². The maximum absolute atomic E-state index is 5.83. The Morgan fingerprint density at radius 3 is 2.78 bits per heavy atom. The van der Waals surface area contributed by atoms with Gasteiger partial charge in [-0.1, -0.05) is 6.92 Å². The molecule has 0 fully saturated rings. The third-order valence-corrected chi connectivity index (χ3v) is 2.91. The van der Waals surface area contributed by atoms with E-state index in [1.54, 1.807) is 0 Å². The summed E-state index contributed by atoms with van der Waals surface area (Å²) in [7, 11) is 1.95. The minimum absolute atomic E-state index is 0.778. The quantitative estimate of drug-likeness (QED) is 0.812. The van der Waals surface area contributed by atoms with Crippen LogP contribution < -0.4 is 11.1 Å². The van der Waals surface area contributed by atoms with Crippen LogP contribution in [0.4, 0.5) is 11.4 Å². The third kappa shape index (κ3) is 2.83. The van der Waals surface area contributed by atoms with Crippen LogP contribution in [-0.2, 0) is 20.0 Å². The van der Waals surface area contributed by atoms with E-state index in [0.717, 1.165) is 30.0 Å². The van der Waals surface area contributed by atoms with E-state index in [1.165, 1.54) is 11.1 Å². The number of aryl methyl sites for hydroxylation is 3. The molecule has 4 nitrogen and oxygen atoms in total. The van der Waals surface area contributed by atoms with Gasteiger partial charge in [0.15, 0.2) is 0 Å². The van der Waals surface area contributed by atoms with Crippen LogP contribution in [-0.4, -0.2) is 9.78 Å². The summed E-state index contributed by atoms with van der Waals surface area (Å²) in [4.78, 5) is 0. The first-order valence-corrected chi connectivity index (χ1v) is 6.21. The molecular weight excluding hydrogens is 224 g/mol. The lowest BCUT2D eigenvalue weighted by molar-refractivity contribution is 0.746. The Bertz CT molecular complexity index is 522. The van der Waals surface area contributed by atoms with Gasteiger partial charge in [0.1, 0.15) is 0 Å². The first kappa shape index (κ1) is 12.5. The van der Waals surface area contributed by atoms with Crippen molar-refractivity contribution in [2.45, 2.75) is 26.8 Å². The fourth-order valence-electron chi connectivity index (χ4n) is 2.14. The smallest absolute Gasteiger partial charge is 0.0671 e. The fourth-order valence-corrected chi connectivity index (χ4v) is 2.14. The molecule has 0 saturated heterocycles. The van der Waals surface area contributed by atoms with E-state index in [9.17, 15) is 0 Å². The van der Waals surface area contributed by atoms with Crippen LogP contribution in [0.3, 0.4) is 0 Å². The molecule has 0 spiro atoms. The molecule has 0 unspecified atom stereocenters. The summed E-state index contributed by atoms with van der Waals surface area (Å²) < 4.78 is 1.86. The molecule has 0 saturated carbocycles. The van der Waals surface area contributed by atoms with Crippen LogP contribution in [0.15, 0.2) is 24.4 Å². The number of nitrogen functional groups attached to an aromatic ring is 1. The molecule has 0 bridgehead atoms. The van der Waals surface area contributed by atoms with E-state index in [2.05, 4.69) is 29.6 Å². The van der Waals surface area contributed by atoms with Gasteiger partial charge in [0.25, 0.3) is 0 Å². The highest BCUT2D eigenvalue weighted by Crippen LogP contribution is 2.17. The van der Waals surface area contributed by atoms with Crippen molar-refractivity contribution in [2.75, 3.05) is 11.1 Å². The Hall–Kier alpha value is -1.97. The number of aromatic nitrogens is 2. The molecule has 96 valence electrons. The molecule has 0 aliphatic rings. The maximum Gasteiger partial charge on any atom is 0.0671 e. The number of rotatable bonds is 4. The van der Waals surface area contributed by atoms with Crippen LogP contribution in [0.2, 0.25) is 0 Å². The van der Waals surface area contributed by atoms with Crippen LogP contribution in [0, 0.1) is 6.92 Å². The lowest BCUT2D eigenvalue weighted by Crippen LogP contribution is -2.02. The lowest BCUT2D eigenvalue weighted by atomic mass is 10.1. The van der Waals surface area contributed by atoms with Crippen LogP contribution in [0.25, 0.3) is 0 Å². The van der Waals surface area contributed by atoms with Gasteiger partial charge in [0.05, 0.1) is 5.69 Å². The Balaban J connectivity index is 2.11. The maximum atomic E-state index is 5.83. The zero-order valence-corrected chi connectivity index (χ0v) is 11.2. The van der Waals surface area contributed by atoms with Crippen molar-refractivity contribution < 1.29 is 0 Å². The van der Waals surface area contributed by atoms with Crippen molar-refractivity contribution in [1.82, 2.24) is 9.78 Å². The van der Waals surface area contributed by atoms with Gasteiger partial charge in [-0.05, 0) is 37.1 Å². The van der Waals surface area contributed by atoms with E-state index in [1.807, 2.05) is 30.8 Å². The molecule has 1 heterocycles. The topological polar surface area (TPSA) is 55.9 Å². The summed E-state index contributed by atoms with van der Waals surface area (Å²) in [5, 5.41) is 7.83. The van der Waals surface area contributed by atoms with Gasteiger partial charge in [0, 0.05) is 36.7 Å². The predicted molar refractivity (Wildman–Crippen MR) is 75.5 cm³/mol. The molecule has 0 aliphatic heterocycles. The number of nitrogens with zero attached hydrogens (tertiary/aromatic N) is 2. The number of benzene rings is 1. The zero-order chi connectivity index (χ0) is 13.1. The largest absolute Gasteiger partial charge is 0.399 e. The summed E-state index contributed by atoms with van der Waals surface area (Å²) in [5.74, 6) is 0. The zero-order valence-electron chi connectivity index (χ0n) is 11.2. The van der Waals surface area contributed by atoms with Crippen LogP contribution >= 0.6 is 0 Å². The standard InChI is InChI=1S/C14H20N4/c1-4-14-11(9-18(3)17-14)8-16-13-6-10(2)5-12(15)7-13/h5-7,9,16H,4,8,15H2,1-3H3. The molecule has 0 aliphatic carbocycles. The second kappa shape index (κ2) is 5.12. The van der Waals surface area contributed by atoms with Crippen molar-refractivity contribution >= 4 is 11.4 Å². The minimum Gasteiger partial charge on any atom is -0.399 e. The van der Waals surface area contributed by atoms with Crippen molar-refractivity contribution in [3.05, 3.63) is 41.2 Å². The highest BCUT2D eigenvalue weighted by Gasteiger charge is 2.05. The van der Waals surface area contributed by atoms with Crippen molar-refractivity contribution in [1.29, 1.82) is 0 Å². The van der Waals surface area contributed by atoms with E-state index in [-0.39, 0.29) is 0 Å². The van der Waals surface area contributed by atoms with Crippen molar-refractivity contribution in [3.63, 3.8) is 0 Å². The summed E-state index contributed by atoms with van der Waals surface area (Å²) in [5.41, 5.74) is 11.2. The first-order valence-electron chi connectivity index (χ1n) is 6.21. The number of anilines is 2. The Kier molecular flexibility index (Phi) is 3.55. The fraction of sp³-hybridized carbons (Fsp3) is 0.357. The second-order valence-electron chi connectivity index (χ2n) is 4.61. The van der Waals surface area contributed by atoms with E-state index >= 15 is 0 Å². The molecular formula is C14H20N4. The first-order chi connectivity index (χ1) is 8.58. The van der Waals surface area contributed by atoms with Gasteiger partial charge in [-0.25, -0.2) is 0 Å². The van der Waals surface area contributed by atoms with E-state index in [0.29, 0.717) is 0 Å². The Labute approximate surface area is 108 Å². The SMILES string of the molecule is CCc1nn(C)cc1CNc1cc(C)cc(N)c1. The molecule has 4 heteroatoms. The molecule has 3 N–H and O–H groups in total. The normalized spacial score (nSPS) is 10.6. The average molecular weight is 244 g/mol. The Morgan fingerprint density at radius 2 is 2.11 bits per heavy atom. The summed E-state index contributed by atoms with van der Waals surface area (Å²) in [6, 6.07) is 6.01. The van der Waals surface area contributed by atoms with Crippen molar-refractivity contribution in [2.24, 2.45) is 7.05 Å². The second-order valence-corrected chi connectivity index (χ2v) is 4.61. The number of hydrogen-bond donors (Lipinski definition) is 2. The molecule has 2 aromatic rings. The molecule has 18 heavy (non-hydrogen) atoms. The highest BCUT2D eigenvalue weighted by atomic mass is 15.3. The van der Waals surface area contributed by atoms with Gasteiger partial charge in [-0.2, -0.15) is 5.10 Å².